The van der Waals surface area contributed by atoms with Crippen molar-refractivity contribution in [1.82, 2.24) is 0 Å². The van der Waals surface area contributed by atoms with Gasteiger partial charge in [-0.25, -0.2) is 9.79 Å². The summed E-state index contributed by atoms with van der Waals surface area (Å²) in [7, 11) is 1.35. The third-order valence-electron chi connectivity index (χ3n) is 2.65. The molecule has 16 heavy (non-hydrogen) atoms. The predicted molar refractivity (Wildman–Crippen MR) is 59.3 cm³/mol. The van der Waals surface area contributed by atoms with E-state index < -0.39 is 6.04 Å². The fourth-order valence-corrected chi connectivity index (χ4v) is 1.77. The molecule has 0 spiro atoms. The number of hydrogen-bond acceptors (Lipinski definition) is 4. The first-order chi connectivity index (χ1) is 7.74. The van der Waals surface area contributed by atoms with Crippen LogP contribution in [0.25, 0.3) is 0 Å². The summed E-state index contributed by atoms with van der Waals surface area (Å²) in [6, 6.07) is 7.18. The van der Waals surface area contributed by atoms with Gasteiger partial charge in [-0.05, 0) is 18.1 Å². The predicted octanol–water partition coefficient (Wildman–Crippen LogP) is 1.64. The van der Waals surface area contributed by atoms with Gasteiger partial charge >= 0.3 is 5.97 Å². The highest BCUT2D eigenvalue weighted by molar-refractivity contribution is 5.80. The molecule has 4 heteroatoms. The standard InChI is InChI=1S/C12H13NO3/c1-8-5-3-4-6-9(8)11-10(12(14)15-2)13-7-16-11/h3-7,10-11H,1-2H3/t10-,11-/m1/s1. The number of ether oxygens (including phenoxy) is 2. The zero-order chi connectivity index (χ0) is 11.5. The van der Waals surface area contributed by atoms with Gasteiger partial charge in [0.2, 0.25) is 0 Å². The number of carbonyl (C=O) groups is 1. The second-order valence-electron chi connectivity index (χ2n) is 3.64. The monoisotopic (exact) mass is 219 g/mol. The van der Waals surface area contributed by atoms with Crippen LogP contribution < -0.4 is 0 Å². The number of methoxy groups -OCH3 is 1. The van der Waals surface area contributed by atoms with Gasteiger partial charge in [0.15, 0.2) is 18.5 Å². The average molecular weight is 219 g/mol. The third-order valence-corrected chi connectivity index (χ3v) is 2.65. The summed E-state index contributed by atoms with van der Waals surface area (Å²) in [4.78, 5) is 15.5. The van der Waals surface area contributed by atoms with Gasteiger partial charge in [0, 0.05) is 0 Å². The van der Waals surface area contributed by atoms with Crippen molar-refractivity contribution in [1.29, 1.82) is 0 Å². The van der Waals surface area contributed by atoms with Crippen LogP contribution in [0.15, 0.2) is 29.3 Å². The van der Waals surface area contributed by atoms with Crippen LogP contribution in [-0.2, 0) is 14.3 Å². The van der Waals surface area contributed by atoms with Crippen molar-refractivity contribution in [2.75, 3.05) is 7.11 Å². The van der Waals surface area contributed by atoms with Gasteiger partial charge in [0.25, 0.3) is 0 Å². The summed E-state index contributed by atoms with van der Waals surface area (Å²) >= 11 is 0. The van der Waals surface area contributed by atoms with Crippen LogP contribution in [0.1, 0.15) is 17.2 Å². The Labute approximate surface area is 93.9 Å². The summed E-state index contributed by atoms with van der Waals surface area (Å²) in [5.41, 5.74) is 2.04. The third kappa shape index (κ3) is 1.78. The van der Waals surface area contributed by atoms with E-state index in [4.69, 9.17) is 9.47 Å². The lowest BCUT2D eigenvalue weighted by Gasteiger charge is -2.17. The normalized spacial score (nSPS) is 22.9. The minimum atomic E-state index is -0.592. The van der Waals surface area contributed by atoms with Crippen molar-refractivity contribution >= 4 is 12.4 Å². The molecule has 0 N–H and O–H groups in total. The quantitative estimate of drug-likeness (QED) is 0.710. The fraction of sp³-hybridized carbons (Fsp3) is 0.333. The molecule has 0 radical (unpaired) electrons. The number of rotatable bonds is 2. The van der Waals surface area contributed by atoms with Crippen LogP contribution >= 0.6 is 0 Å². The van der Waals surface area contributed by atoms with Crippen LogP contribution in [0.4, 0.5) is 0 Å². The van der Waals surface area contributed by atoms with Gasteiger partial charge < -0.3 is 9.47 Å². The summed E-state index contributed by atoms with van der Waals surface area (Å²) in [6.07, 6.45) is 0.951. The maximum absolute atomic E-state index is 11.5. The Bertz CT molecular complexity index is 428. The van der Waals surface area contributed by atoms with E-state index in [1.165, 1.54) is 13.5 Å². The van der Waals surface area contributed by atoms with Crippen LogP contribution in [0.3, 0.4) is 0 Å². The summed E-state index contributed by atoms with van der Waals surface area (Å²) < 4.78 is 10.1. The molecule has 0 aliphatic carbocycles. The minimum absolute atomic E-state index is 0.367. The zero-order valence-electron chi connectivity index (χ0n) is 9.21. The first-order valence-corrected chi connectivity index (χ1v) is 5.04. The maximum Gasteiger partial charge on any atom is 0.334 e. The Hall–Kier alpha value is -1.84. The summed E-state index contributed by atoms with van der Waals surface area (Å²) in [5.74, 6) is -0.373. The van der Waals surface area contributed by atoms with Gasteiger partial charge in [-0.3, -0.25) is 0 Å². The molecule has 1 aliphatic heterocycles. The number of nitrogens with zero attached hydrogens (tertiary/aromatic N) is 1. The Morgan fingerprint density at radius 1 is 1.44 bits per heavy atom. The molecule has 1 aliphatic rings. The molecule has 0 amide bonds. The van der Waals surface area contributed by atoms with E-state index >= 15 is 0 Å². The smallest absolute Gasteiger partial charge is 0.334 e. The number of aliphatic imine (C=N–C) groups is 1. The van der Waals surface area contributed by atoms with E-state index in [0.29, 0.717) is 0 Å². The first kappa shape index (κ1) is 10.7. The molecule has 2 rings (SSSR count). The molecule has 0 aromatic heterocycles. The van der Waals surface area contributed by atoms with Crippen molar-refractivity contribution in [3.63, 3.8) is 0 Å². The molecule has 1 aromatic carbocycles. The lowest BCUT2D eigenvalue weighted by atomic mass is 9.98. The van der Waals surface area contributed by atoms with Gasteiger partial charge in [-0.2, -0.15) is 0 Å². The van der Waals surface area contributed by atoms with Crippen molar-refractivity contribution in [3.8, 4) is 0 Å². The Morgan fingerprint density at radius 2 is 2.19 bits per heavy atom. The lowest BCUT2D eigenvalue weighted by Crippen LogP contribution is -2.25. The van der Waals surface area contributed by atoms with E-state index in [-0.39, 0.29) is 12.1 Å². The fourth-order valence-electron chi connectivity index (χ4n) is 1.77. The van der Waals surface area contributed by atoms with Crippen LogP contribution in [0.2, 0.25) is 0 Å². The van der Waals surface area contributed by atoms with Crippen LogP contribution in [0, 0.1) is 6.92 Å². The van der Waals surface area contributed by atoms with Crippen molar-refractivity contribution in [2.24, 2.45) is 4.99 Å². The van der Waals surface area contributed by atoms with Crippen LogP contribution in [-0.4, -0.2) is 25.5 Å². The van der Waals surface area contributed by atoms with Gasteiger partial charge in [0.1, 0.15) is 0 Å². The molecule has 1 aromatic rings. The highest BCUT2D eigenvalue weighted by Crippen LogP contribution is 2.29. The van der Waals surface area contributed by atoms with E-state index in [1.807, 2.05) is 31.2 Å². The molecule has 0 saturated heterocycles. The topological polar surface area (TPSA) is 47.9 Å². The van der Waals surface area contributed by atoms with Crippen LogP contribution in [0.5, 0.6) is 0 Å². The number of hydrogen-bond donors (Lipinski definition) is 0. The zero-order valence-corrected chi connectivity index (χ0v) is 9.21. The largest absolute Gasteiger partial charge is 0.473 e. The first-order valence-electron chi connectivity index (χ1n) is 5.04. The Morgan fingerprint density at radius 3 is 2.88 bits per heavy atom. The molecule has 0 bridgehead atoms. The maximum atomic E-state index is 11.5. The Kier molecular flexibility index (Phi) is 2.90. The van der Waals surface area contributed by atoms with Crippen molar-refractivity contribution < 1.29 is 14.3 Å². The average Bonchev–Trinajstić information content (AvgIpc) is 2.77. The Balaban J connectivity index is 2.28. The van der Waals surface area contributed by atoms with Gasteiger partial charge in [-0.15, -0.1) is 0 Å². The molecule has 2 atom stereocenters. The molecular weight excluding hydrogens is 206 g/mol. The molecule has 84 valence electrons. The number of carbonyl (C=O) groups excluding carboxylic acids is 1. The SMILES string of the molecule is COC(=O)[C@@H]1N=CO[C@@H]1c1ccccc1C. The van der Waals surface area contributed by atoms with Gasteiger partial charge in [0.05, 0.1) is 7.11 Å². The summed E-state index contributed by atoms with van der Waals surface area (Å²) in [6.45, 7) is 1.98. The highest BCUT2D eigenvalue weighted by Gasteiger charge is 2.35. The van der Waals surface area contributed by atoms with E-state index in [1.54, 1.807) is 0 Å². The number of benzene rings is 1. The molecular formula is C12H13NO3. The van der Waals surface area contributed by atoms with Crippen molar-refractivity contribution in [3.05, 3.63) is 35.4 Å². The molecule has 0 unspecified atom stereocenters. The molecule has 1 heterocycles. The number of esters is 1. The van der Waals surface area contributed by atoms with Gasteiger partial charge in [-0.1, -0.05) is 24.3 Å². The van der Waals surface area contributed by atoms with E-state index in [0.717, 1.165) is 11.1 Å². The summed E-state index contributed by atoms with van der Waals surface area (Å²) in [5, 5.41) is 0. The molecule has 0 fully saturated rings. The lowest BCUT2D eigenvalue weighted by molar-refractivity contribution is -0.143. The van der Waals surface area contributed by atoms with E-state index in [2.05, 4.69) is 4.99 Å². The van der Waals surface area contributed by atoms with E-state index in [9.17, 15) is 4.79 Å². The number of aryl methyl sites for hydroxylation is 1. The second-order valence-corrected chi connectivity index (χ2v) is 3.64. The molecule has 4 nitrogen and oxygen atoms in total. The van der Waals surface area contributed by atoms with Crippen molar-refractivity contribution in [2.45, 2.75) is 19.1 Å². The highest BCUT2D eigenvalue weighted by atomic mass is 16.5. The molecule has 0 saturated carbocycles. The minimum Gasteiger partial charge on any atom is -0.473 e. The second kappa shape index (κ2) is 4.35.